The molecule has 0 aliphatic carbocycles. The number of hydrogen-bond donors (Lipinski definition) is 3. The Kier molecular flexibility index (Phi) is 10.3. The number of thioether (sulfide) groups is 1. The highest BCUT2D eigenvalue weighted by Crippen LogP contribution is 2.20. The highest BCUT2D eigenvalue weighted by atomic mass is 32.2. The SMILES string of the molecule is CN=C(NCCCNC(=O)OC(C)(C)C)NCCCSc1nccs1. The number of hydrogen-bond acceptors (Lipinski definition) is 6. The van der Waals surface area contributed by atoms with Crippen molar-refractivity contribution in [2.45, 2.75) is 43.6 Å². The molecule has 0 fully saturated rings. The van der Waals surface area contributed by atoms with E-state index in [1.165, 1.54) is 0 Å². The third-order valence-electron chi connectivity index (χ3n) is 2.79. The van der Waals surface area contributed by atoms with Gasteiger partial charge in [0.2, 0.25) is 0 Å². The van der Waals surface area contributed by atoms with Crippen LogP contribution in [0.3, 0.4) is 0 Å². The summed E-state index contributed by atoms with van der Waals surface area (Å²) in [6, 6.07) is 0. The lowest BCUT2D eigenvalue weighted by Gasteiger charge is -2.19. The maximum Gasteiger partial charge on any atom is 0.407 e. The standard InChI is InChI=1S/C16H29N5O2S2/c1-16(2,3)23-14(22)20-8-5-7-18-13(17-4)19-9-6-11-24-15-21-10-12-25-15/h10,12H,5-9,11H2,1-4H3,(H,20,22)(H2,17,18,19). The Balaban J connectivity index is 2.01. The van der Waals surface area contributed by atoms with Crippen LogP contribution >= 0.6 is 23.1 Å². The molecule has 0 saturated heterocycles. The van der Waals surface area contributed by atoms with E-state index in [1.807, 2.05) is 32.3 Å². The van der Waals surface area contributed by atoms with Gasteiger partial charge in [-0.15, -0.1) is 11.3 Å². The van der Waals surface area contributed by atoms with Gasteiger partial charge in [-0.25, -0.2) is 9.78 Å². The first-order chi connectivity index (χ1) is 11.9. The number of guanidine groups is 1. The second-order valence-corrected chi connectivity index (χ2v) is 8.44. The van der Waals surface area contributed by atoms with E-state index < -0.39 is 5.60 Å². The van der Waals surface area contributed by atoms with Crippen molar-refractivity contribution >= 4 is 35.2 Å². The summed E-state index contributed by atoms with van der Waals surface area (Å²) in [6.45, 7) is 7.68. The number of nitrogens with zero attached hydrogens (tertiary/aromatic N) is 2. The predicted octanol–water partition coefficient (Wildman–Crippen LogP) is 2.71. The number of alkyl carbamates (subject to hydrolysis) is 1. The molecule has 1 amide bonds. The lowest BCUT2D eigenvalue weighted by molar-refractivity contribution is 0.0527. The van der Waals surface area contributed by atoms with Gasteiger partial charge in [0.25, 0.3) is 0 Å². The van der Waals surface area contributed by atoms with E-state index in [9.17, 15) is 4.79 Å². The minimum absolute atomic E-state index is 0.382. The van der Waals surface area contributed by atoms with Crippen molar-refractivity contribution in [1.29, 1.82) is 0 Å². The van der Waals surface area contributed by atoms with Crippen LogP contribution < -0.4 is 16.0 Å². The van der Waals surface area contributed by atoms with Gasteiger partial charge in [0.05, 0.1) is 0 Å². The van der Waals surface area contributed by atoms with E-state index in [-0.39, 0.29) is 6.09 Å². The largest absolute Gasteiger partial charge is 0.444 e. The molecule has 1 rings (SSSR count). The molecule has 0 radical (unpaired) electrons. The molecule has 0 atom stereocenters. The highest BCUT2D eigenvalue weighted by molar-refractivity contribution is 8.00. The Morgan fingerprint density at radius 1 is 1.24 bits per heavy atom. The van der Waals surface area contributed by atoms with Gasteiger partial charge in [0.1, 0.15) is 9.94 Å². The van der Waals surface area contributed by atoms with Crippen LogP contribution in [0.1, 0.15) is 33.6 Å². The van der Waals surface area contributed by atoms with E-state index in [0.717, 1.165) is 42.0 Å². The number of amides is 1. The number of carbonyl (C=O) groups excluding carboxylic acids is 1. The molecular formula is C16H29N5O2S2. The van der Waals surface area contributed by atoms with E-state index in [1.54, 1.807) is 30.1 Å². The summed E-state index contributed by atoms with van der Waals surface area (Å²) in [7, 11) is 1.75. The molecule has 0 aromatic carbocycles. The van der Waals surface area contributed by atoms with E-state index in [0.29, 0.717) is 6.54 Å². The van der Waals surface area contributed by atoms with Gasteiger partial charge in [-0.2, -0.15) is 0 Å². The zero-order chi connectivity index (χ0) is 18.5. The van der Waals surface area contributed by atoms with Gasteiger partial charge in [0.15, 0.2) is 5.96 Å². The molecule has 25 heavy (non-hydrogen) atoms. The number of aromatic nitrogens is 1. The van der Waals surface area contributed by atoms with Gasteiger partial charge in [-0.3, -0.25) is 4.99 Å². The normalized spacial score (nSPS) is 11.9. The topological polar surface area (TPSA) is 87.6 Å². The van der Waals surface area contributed by atoms with Crippen molar-refractivity contribution in [2.75, 3.05) is 32.4 Å². The van der Waals surface area contributed by atoms with Crippen molar-refractivity contribution in [3.05, 3.63) is 11.6 Å². The fourth-order valence-corrected chi connectivity index (χ4v) is 3.39. The summed E-state index contributed by atoms with van der Waals surface area (Å²) in [5.74, 6) is 1.80. The fourth-order valence-electron chi connectivity index (χ4n) is 1.74. The minimum Gasteiger partial charge on any atom is -0.444 e. The van der Waals surface area contributed by atoms with Crippen LogP contribution in [0, 0.1) is 0 Å². The second kappa shape index (κ2) is 12.0. The number of aliphatic imine (C=N–C) groups is 1. The molecule has 1 aromatic heterocycles. The first-order valence-corrected chi connectivity index (χ1v) is 10.2. The highest BCUT2D eigenvalue weighted by Gasteiger charge is 2.15. The van der Waals surface area contributed by atoms with Crippen molar-refractivity contribution in [2.24, 2.45) is 4.99 Å². The summed E-state index contributed by atoms with van der Waals surface area (Å²) >= 11 is 3.44. The molecule has 142 valence electrons. The van der Waals surface area contributed by atoms with Crippen molar-refractivity contribution in [1.82, 2.24) is 20.9 Å². The van der Waals surface area contributed by atoms with Crippen LogP contribution in [0.5, 0.6) is 0 Å². The van der Waals surface area contributed by atoms with Crippen LogP contribution in [-0.4, -0.2) is 55.1 Å². The average Bonchev–Trinajstić information content (AvgIpc) is 3.04. The Morgan fingerprint density at radius 2 is 1.92 bits per heavy atom. The predicted molar refractivity (Wildman–Crippen MR) is 106 cm³/mol. The zero-order valence-electron chi connectivity index (χ0n) is 15.4. The maximum absolute atomic E-state index is 11.5. The Morgan fingerprint density at radius 3 is 2.52 bits per heavy atom. The summed E-state index contributed by atoms with van der Waals surface area (Å²) in [4.78, 5) is 19.9. The molecule has 0 saturated carbocycles. The van der Waals surface area contributed by atoms with Gasteiger partial charge in [-0.1, -0.05) is 11.8 Å². The quantitative estimate of drug-likeness (QED) is 0.261. The van der Waals surface area contributed by atoms with Crippen molar-refractivity contribution < 1.29 is 9.53 Å². The summed E-state index contributed by atoms with van der Waals surface area (Å²) < 4.78 is 6.29. The summed E-state index contributed by atoms with van der Waals surface area (Å²) in [5.41, 5.74) is -0.466. The van der Waals surface area contributed by atoms with Gasteiger partial charge in [0, 0.05) is 44.0 Å². The second-order valence-electron chi connectivity index (χ2n) is 6.21. The van der Waals surface area contributed by atoms with Gasteiger partial charge < -0.3 is 20.7 Å². The molecule has 0 spiro atoms. The van der Waals surface area contributed by atoms with Crippen LogP contribution in [0.25, 0.3) is 0 Å². The molecular weight excluding hydrogens is 358 g/mol. The van der Waals surface area contributed by atoms with Crippen LogP contribution in [0.2, 0.25) is 0 Å². The first-order valence-electron chi connectivity index (χ1n) is 8.34. The van der Waals surface area contributed by atoms with Gasteiger partial charge in [-0.05, 0) is 33.6 Å². The molecule has 0 aliphatic rings. The molecule has 0 aliphatic heterocycles. The summed E-state index contributed by atoms with van der Waals surface area (Å²) in [5, 5.41) is 11.2. The third kappa shape index (κ3) is 11.7. The smallest absolute Gasteiger partial charge is 0.407 e. The lowest BCUT2D eigenvalue weighted by atomic mass is 10.2. The molecule has 0 unspecified atom stereocenters. The summed E-state index contributed by atoms with van der Waals surface area (Å²) in [6.07, 6.45) is 3.27. The van der Waals surface area contributed by atoms with Gasteiger partial charge >= 0.3 is 6.09 Å². The number of ether oxygens (including phenoxy) is 1. The Hall–Kier alpha value is -1.48. The minimum atomic E-state index is -0.466. The molecule has 1 heterocycles. The van der Waals surface area contributed by atoms with Crippen molar-refractivity contribution in [3.8, 4) is 0 Å². The maximum atomic E-state index is 11.5. The number of rotatable bonds is 9. The third-order valence-corrected chi connectivity index (χ3v) is 4.84. The Labute approximate surface area is 158 Å². The molecule has 0 bridgehead atoms. The number of nitrogens with one attached hydrogen (secondary N) is 3. The monoisotopic (exact) mass is 387 g/mol. The number of thiazole rings is 1. The van der Waals surface area contributed by atoms with E-state index in [2.05, 4.69) is 25.9 Å². The van der Waals surface area contributed by atoms with Crippen LogP contribution in [0.15, 0.2) is 20.9 Å². The fraction of sp³-hybridized carbons (Fsp3) is 0.688. The first kappa shape index (κ1) is 21.6. The average molecular weight is 388 g/mol. The van der Waals surface area contributed by atoms with E-state index >= 15 is 0 Å². The molecule has 1 aromatic rings. The Bertz CT molecular complexity index is 515. The van der Waals surface area contributed by atoms with Crippen LogP contribution in [-0.2, 0) is 4.74 Å². The van der Waals surface area contributed by atoms with Crippen molar-refractivity contribution in [3.63, 3.8) is 0 Å². The number of carbonyl (C=O) groups is 1. The van der Waals surface area contributed by atoms with E-state index in [4.69, 9.17) is 4.74 Å². The molecule has 7 nitrogen and oxygen atoms in total. The molecule has 3 N–H and O–H groups in total. The zero-order valence-corrected chi connectivity index (χ0v) is 17.1. The van der Waals surface area contributed by atoms with Crippen LogP contribution in [0.4, 0.5) is 4.79 Å². The lowest BCUT2D eigenvalue weighted by Crippen LogP contribution is -2.39. The molecule has 9 heteroatoms.